The molecule has 2 unspecified atom stereocenters. The third-order valence-electron chi connectivity index (χ3n) is 5.78. The Morgan fingerprint density at radius 3 is 2.64 bits per heavy atom. The molecule has 4 rings (SSSR count). The quantitative estimate of drug-likeness (QED) is 0.603. The number of pyridine rings is 1. The van der Waals surface area contributed by atoms with E-state index in [1.165, 1.54) is 17.8 Å². The molecular weight excluding hydrogens is 379 g/mol. The second kappa shape index (κ2) is 7.52. The zero-order valence-electron chi connectivity index (χ0n) is 16.2. The highest BCUT2D eigenvalue weighted by molar-refractivity contribution is 7.98. The van der Waals surface area contributed by atoms with Crippen LogP contribution in [0.4, 0.5) is 4.39 Å². The fourth-order valence-electron chi connectivity index (χ4n) is 4.31. The topological polar surface area (TPSA) is 74.3 Å². The lowest BCUT2D eigenvalue weighted by Gasteiger charge is -2.20. The molecule has 0 aliphatic heterocycles. The molecule has 2 fully saturated rings. The van der Waals surface area contributed by atoms with Crippen molar-refractivity contribution in [3.8, 4) is 0 Å². The van der Waals surface area contributed by atoms with Gasteiger partial charge in [0.05, 0.1) is 17.1 Å². The number of carbonyl (C=O) groups excluding carboxylic acids is 1. The van der Waals surface area contributed by atoms with Gasteiger partial charge < -0.3 is 15.0 Å². The number of benzene rings is 1. The summed E-state index contributed by atoms with van der Waals surface area (Å²) in [4.78, 5) is 25.7. The highest BCUT2D eigenvalue weighted by Crippen LogP contribution is 2.43. The first-order valence-corrected chi connectivity index (χ1v) is 11.1. The van der Waals surface area contributed by atoms with Gasteiger partial charge in [-0.25, -0.2) is 9.18 Å². The number of thioether (sulfide) groups is 1. The number of halogens is 1. The largest absolute Gasteiger partial charge is 0.462 e. The van der Waals surface area contributed by atoms with E-state index in [1.54, 1.807) is 6.92 Å². The SMILES string of the molecule is CCOC(=O)c1c(SC)n(C2CC2)c2cc(C3CCC(N)C3)c(F)cc2c1=O. The van der Waals surface area contributed by atoms with Crippen molar-refractivity contribution in [2.75, 3.05) is 12.9 Å². The predicted molar refractivity (Wildman–Crippen MR) is 109 cm³/mol. The van der Waals surface area contributed by atoms with Gasteiger partial charge in [-0.15, -0.1) is 11.8 Å². The molecule has 2 aliphatic carbocycles. The molecule has 0 saturated heterocycles. The number of hydrogen-bond acceptors (Lipinski definition) is 5. The number of rotatable bonds is 5. The fraction of sp³-hybridized carbons (Fsp3) is 0.524. The van der Waals surface area contributed by atoms with Gasteiger partial charge in [0.15, 0.2) is 0 Å². The third-order valence-corrected chi connectivity index (χ3v) is 6.56. The minimum Gasteiger partial charge on any atom is -0.462 e. The van der Waals surface area contributed by atoms with Gasteiger partial charge in [0.2, 0.25) is 5.43 Å². The zero-order valence-corrected chi connectivity index (χ0v) is 17.0. The minimum atomic E-state index is -0.639. The van der Waals surface area contributed by atoms with E-state index >= 15 is 0 Å². The minimum absolute atomic E-state index is 0.0174. The van der Waals surface area contributed by atoms with Crippen LogP contribution in [0, 0.1) is 5.82 Å². The first kappa shape index (κ1) is 19.5. The Morgan fingerprint density at radius 2 is 2.07 bits per heavy atom. The summed E-state index contributed by atoms with van der Waals surface area (Å²) in [6.45, 7) is 1.89. The molecule has 1 aromatic carbocycles. The van der Waals surface area contributed by atoms with Crippen molar-refractivity contribution in [2.45, 2.75) is 62.1 Å². The van der Waals surface area contributed by atoms with E-state index in [2.05, 4.69) is 0 Å². The molecule has 28 heavy (non-hydrogen) atoms. The van der Waals surface area contributed by atoms with Crippen LogP contribution in [-0.2, 0) is 4.74 Å². The van der Waals surface area contributed by atoms with E-state index in [0.717, 1.165) is 32.1 Å². The van der Waals surface area contributed by atoms with Crippen molar-refractivity contribution in [1.29, 1.82) is 0 Å². The van der Waals surface area contributed by atoms with E-state index in [-0.39, 0.29) is 35.6 Å². The number of carbonyl (C=O) groups is 1. The number of fused-ring (bicyclic) bond motifs is 1. The summed E-state index contributed by atoms with van der Waals surface area (Å²) >= 11 is 1.36. The Bertz CT molecular complexity index is 1000. The molecule has 0 spiro atoms. The molecule has 7 heteroatoms. The van der Waals surface area contributed by atoms with E-state index in [9.17, 15) is 14.0 Å². The van der Waals surface area contributed by atoms with Crippen molar-refractivity contribution in [3.05, 3.63) is 39.3 Å². The van der Waals surface area contributed by atoms with Gasteiger partial charge in [0.25, 0.3) is 0 Å². The van der Waals surface area contributed by atoms with Crippen molar-refractivity contribution >= 4 is 28.6 Å². The van der Waals surface area contributed by atoms with Gasteiger partial charge >= 0.3 is 5.97 Å². The zero-order chi connectivity index (χ0) is 20.0. The molecule has 2 saturated carbocycles. The number of ether oxygens (including phenoxy) is 1. The van der Waals surface area contributed by atoms with E-state index in [1.807, 2.05) is 16.9 Å². The molecule has 0 bridgehead atoms. The molecule has 0 radical (unpaired) electrons. The Morgan fingerprint density at radius 1 is 1.32 bits per heavy atom. The number of nitrogens with two attached hydrogens (primary N) is 1. The number of esters is 1. The van der Waals surface area contributed by atoms with Crippen LogP contribution in [-0.4, -0.2) is 29.4 Å². The van der Waals surface area contributed by atoms with Gasteiger partial charge in [-0.05, 0) is 68.9 Å². The van der Waals surface area contributed by atoms with Gasteiger partial charge in [-0.2, -0.15) is 0 Å². The highest BCUT2D eigenvalue weighted by atomic mass is 32.2. The average Bonchev–Trinajstić information content (AvgIpc) is 3.41. The second-order valence-electron chi connectivity index (χ2n) is 7.70. The Kier molecular flexibility index (Phi) is 5.22. The summed E-state index contributed by atoms with van der Waals surface area (Å²) in [5, 5.41) is 0.857. The lowest BCUT2D eigenvalue weighted by Crippen LogP contribution is -2.24. The highest BCUT2D eigenvalue weighted by Gasteiger charge is 2.33. The van der Waals surface area contributed by atoms with Crippen molar-refractivity contribution in [3.63, 3.8) is 0 Å². The summed E-state index contributed by atoms with van der Waals surface area (Å²) in [6, 6.07) is 3.45. The van der Waals surface area contributed by atoms with E-state index < -0.39 is 17.2 Å². The summed E-state index contributed by atoms with van der Waals surface area (Å²) < 4.78 is 22.2. The van der Waals surface area contributed by atoms with Crippen LogP contribution in [0.3, 0.4) is 0 Å². The van der Waals surface area contributed by atoms with Crippen LogP contribution in [0.25, 0.3) is 10.9 Å². The van der Waals surface area contributed by atoms with Crippen LogP contribution in [0.2, 0.25) is 0 Å². The monoisotopic (exact) mass is 404 g/mol. The first-order valence-electron chi connectivity index (χ1n) is 9.84. The van der Waals surface area contributed by atoms with Crippen LogP contribution in [0.1, 0.15) is 66.9 Å². The van der Waals surface area contributed by atoms with Crippen LogP contribution < -0.4 is 11.2 Å². The van der Waals surface area contributed by atoms with Crippen molar-refractivity contribution in [1.82, 2.24) is 4.57 Å². The lowest BCUT2D eigenvalue weighted by molar-refractivity contribution is 0.0519. The smallest absolute Gasteiger partial charge is 0.344 e. The molecule has 5 nitrogen and oxygen atoms in total. The van der Waals surface area contributed by atoms with Crippen LogP contribution in [0.15, 0.2) is 22.0 Å². The fourth-order valence-corrected chi connectivity index (χ4v) is 5.14. The molecule has 2 aliphatic rings. The molecule has 2 N–H and O–H groups in total. The maximum Gasteiger partial charge on any atom is 0.344 e. The van der Waals surface area contributed by atoms with Crippen LogP contribution >= 0.6 is 11.8 Å². The summed E-state index contributed by atoms with van der Waals surface area (Å²) in [6.07, 6.45) is 6.31. The summed E-state index contributed by atoms with van der Waals surface area (Å²) in [5.74, 6) is -0.957. The predicted octanol–water partition coefficient (Wildman–Crippen LogP) is 3.97. The number of nitrogens with zero attached hydrogens (tertiary/aromatic N) is 1. The van der Waals surface area contributed by atoms with Gasteiger partial charge in [-0.3, -0.25) is 4.79 Å². The molecule has 2 atom stereocenters. The lowest BCUT2D eigenvalue weighted by atomic mass is 9.95. The van der Waals surface area contributed by atoms with Gasteiger partial charge in [0, 0.05) is 17.5 Å². The molecule has 1 heterocycles. The van der Waals surface area contributed by atoms with Crippen molar-refractivity contribution < 1.29 is 13.9 Å². The first-order chi connectivity index (χ1) is 13.5. The van der Waals surface area contributed by atoms with Gasteiger partial charge in [-0.1, -0.05) is 0 Å². The second-order valence-corrected chi connectivity index (χ2v) is 8.49. The Labute approximate surface area is 167 Å². The molecule has 150 valence electrons. The van der Waals surface area contributed by atoms with Crippen molar-refractivity contribution in [2.24, 2.45) is 5.73 Å². The normalized spacial score (nSPS) is 22.0. The Hall–Kier alpha value is -1.86. The number of aromatic nitrogens is 1. The standard InChI is InChI=1S/C21H25FN2O3S/c1-3-27-21(26)18-19(25)15-9-16(22)14(11-4-5-12(23)8-11)10-17(15)24(13-6-7-13)20(18)28-2/h9-13H,3-8,23H2,1-2H3. The maximum atomic E-state index is 15.0. The average molecular weight is 405 g/mol. The maximum absolute atomic E-state index is 15.0. The third kappa shape index (κ3) is 3.24. The van der Waals surface area contributed by atoms with E-state index in [0.29, 0.717) is 16.1 Å². The summed E-state index contributed by atoms with van der Waals surface area (Å²) in [5.41, 5.74) is 6.93. The molecule has 0 amide bonds. The Balaban J connectivity index is 1.99. The molecule has 1 aromatic heterocycles. The van der Waals surface area contributed by atoms with Gasteiger partial charge in [0.1, 0.15) is 11.4 Å². The van der Waals surface area contributed by atoms with E-state index in [4.69, 9.17) is 10.5 Å². The molecular formula is C21H25FN2O3S. The molecule has 2 aromatic rings. The van der Waals surface area contributed by atoms with Crippen LogP contribution in [0.5, 0.6) is 0 Å². The summed E-state index contributed by atoms with van der Waals surface area (Å²) in [7, 11) is 0. The number of hydrogen-bond donors (Lipinski definition) is 1.